The highest BCUT2D eigenvalue weighted by molar-refractivity contribution is 7.47. The van der Waals surface area contributed by atoms with E-state index in [0.717, 1.165) is 21.8 Å². The van der Waals surface area contributed by atoms with E-state index in [4.69, 9.17) is 48.9 Å². The van der Waals surface area contributed by atoms with E-state index >= 15 is 0 Å². The van der Waals surface area contributed by atoms with Crippen molar-refractivity contribution in [3.63, 3.8) is 0 Å². The highest BCUT2D eigenvalue weighted by Crippen LogP contribution is 2.50. The number of aromatic nitrogens is 7. The molecular weight excluding hydrogens is 701 g/mol. The van der Waals surface area contributed by atoms with E-state index in [1.54, 1.807) is 0 Å². The molecule has 50 heavy (non-hydrogen) atoms. The average Bonchev–Trinajstić information content (AvgIpc) is 3.70. The van der Waals surface area contributed by atoms with E-state index in [9.17, 15) is 38.8 Å². The number of H-pyrrole nitrogens is 1. The molecule has 1 unspecified atom stereocenters. The average molecular weight is 734 g/mol. The van der Waals surface area contributed by atoms with Crippen molar-refractivity contribution in [3.05, 3.63) is 33.5 Å². The number of nitrogens with one attached hydrogen (secondary N) is 1. The number of rotatable bonds is 12. The number of carbonyl (C=O) groups is 2. The highest BCUT2D eigenvalue weighted by atomic mass is 31.2. The zero-order valence-electron chi connectivity index (χ0n) is 26.0. The number of hydrogen-bond acceptors (Lipinski definition) is 21. The number of aromatic amines is 1. The summed E-state index contributed by atoms with van der Waals surface area (Å²) in [4.78, 5) is 77.5. The third-order valence-corrected chi connectivity index (χ3v) is 8.15. The number of hydrogen-bond donors (Lipinski definition) is 6. The molecule has 0 aromatic carbocycles. The van der Waals surface area contributed by atoms with E-state index in [0.29, 0.717) is 0 Å². The first-order valence-electron chi connectivity index (χ1n) is 14.6. The molecule has 0 bridgehead atoms. The van der Waals surface area contributed by atoms with Gasteiger partial charge in [-0.15, -0.1) is 0 Å². The van der Waals surface area contributed by atoms with E-state index in [2.05, 4.69) is 24.9 Å². The van der Waals surface area contributed by atoms with Gasteiger partial charge in [-0.05, 0) is 13.8 Å². The normalized spacial score (nSPS) is 27.5. The molecule has 25 nitrogen and oxygen atoms in total. The molecule has 0 amide bonds. The maximum atomic E-state index is 13.3. The van der Waals surface area contributed by atoms with Gasteiger partial charge < -0.3 is 55.0 Å². The SMILES string of the molecule is CCOC(=O)O[C@@H]1[C@H](OP(=O)(O)OC[C@H]2O[C@@H](n3cnc4c(=O)[nH]c(N)nc43)[C@H](OC(=O)OCC)[C@@H]2O)[C@@H](CO)O[C@H]1n1cnc(N)nc1=O. The summed E-state index contributed by atoms with van der Waals surface area (Å²) in [7, 11) is -5.27. The Bertz CT molecular complexity index is 1870. The number of carbonyl (C=O) groups excluding carboxylic acids is 2. The second-order valence-corrected chi connectivity index (χ2v) is 11.8. The number of aliphatic hydroxyl groups is 2. The molecule has 8 N–H and O–H groups in total. The fourth-order valence-corrected chi connectivity index (χ4v) is 6.04. The van der Waals surface area contributed by atoms with E-state index in [-0.39, 0.29) is 30.3 Å². The van der Waals surface area contributed by atoms with Gasteiger partial charge in [0.15, 0.2) is 35.8 Å². The Kier molecular flexibility index (Phi) is 11.0. The Labute approximate surface area is 278 Å². The minimum Gasteiger partial charge on any atom is -0.435 e. The Morgan fingerprint density at radius 3 is 2.22 bits per heavy atom. The van der Waals surface area contributed by atoms with Crippen LogP contribution in [-0.4, -0.2) is 125 Å². The van der Waals surface area contributed by atoms with Crippen LogP contribution in [0.5, 0.6) is 0 Å². The topological polar surface area (TPSA) is 349 Å². The summed E-state index contributed by atoms with van der Waals surface area (Å²) in [6.45, 7) is 0.948. The zero-order chi connectivity index (χ0) is 36.3. The van der Waals surface area contributed by atoms with Gasteiger partial charge in [-0.3, -0.25) is 28.0 Å². The molecule has 274 valence electrons. The van der Waals surface area contributed by atoms with Crippen LogP contribution in [0.2, 0.25) is 0 Å². The van der Waals surface area contributed by atoms with E-state index in [1.807, 2.05) is 0 Å². The molecular formula is C24H32N9O16P. The Morgan fingerprint density at radius 1 is 0.960 bits per heavy atom. The molecule has 2 aliphatic rings. The minimum atomic E-state index is -5.27. The van der Waals surface area contributed by atoms with Crippen molar-refractivity contribution in [2.75, 3.05) is 37.9 Å². The second-order valence-electron chi connectivity index (χ2n) is 10.3. The highest BCUT2D eigenvalue weighted by Gasteiger charge is 2.53. The molecule has 0 spiro atoms. The van der Waals surface area contributed by atoms with E-state index < -0.39 is 99.6 Å². The van der Waals surface area contributed by atoms with Crippen LogP contribution in [-0.2, 0) is 42.0 Å². The Morgan fingerprint density at radius 2 is 1.58 bits per heavy atom. The Hall–Kier alpha value is -4.75. The monoisotopic (exact) mass is 733 g/mol. The molecule has 2 fully saturated rings. The number of fused-ring (bicyclic) bond motifs is 1. The van der Waals surface area contributed by atoms with Gasteiger partial charge in [-0.2, -0.15) is 9.97 Å². The predicted molar refractivity (Wildman–Crippen MR) is 159 cm³/mol. The van der Waals surface area contributed by atoms with Crippen LogP contribution in [0.15, 0.2) is 22.2 Å². The number of ether oxygens (including phenoxy) is 6. The molecule has 9 atom stereocenters. The smallest absolute Gasteiger partial charge is 0.435 e. The molecule has 5 heterocycles. The standard InChI is InChI=1S/C24H32N9O16P/c1-3-42-23(38)47-14-12(35)10(46-18(14)32-7-27-11-16(32)29-21(26)30-17(11)36)6-44-50(40,41)49-13-9(5-34)45-19(15(13)48-24(39)43-4-2)33-8-28-20(25)31-22(33)37/h7-10,12-15,18-19,34-35H,3-6H2,1-2H3,(H,40,41)(H2,25,31,37)(H3,26,29,30,36)/t9-,10-,12-,13-,14-,15-,18-,19-/m1/s1. The number of aliphatic hydroxyl groups excluding tert-OH is 2. The van der Waals surface area contributed by atoms with Gasteiger partial charge in [-0.25, -0.2) is 28.9 Å². The number of phosphoric ester groups is 1. The van der Waals surface area contributed by atoms with Gasteiger partial charge in [0.05, 0.1) is 32.8 Å². The lowest BCUT2D eigenvalue weighted by molar-refractivity contribution is -0.0671. The third-order valence-electron chi connectivity index (χ3n) is 7.17. The fraction of sp³-hybridized carbons (Fsp3) is 0.583. The first-order chi connectivity index (χ1) is 23.8. The van der Waals surface area contributed by atoms with Crippen LogP contribution in [0.25, 0.3) is 11.2 Å². The molecule has 2 saturated heterocycles. The van der Waals surface area contributed by atoms with Crippen molar-refractivity contribution in [3.8, 4) is 0 Å². The van der Waals surface area contributed by atoms with Gasteiger partial charge in [-0.1, -0.05) is 0 Å². The van der Waals surface area contributed by atoms with Gasteiger partial charge >= 0.3 is 25.8 Å². The second kappa shape index (κ2) is 15.0. The van der Waals surface area contributed by atoms with Crippen molar-refractivity contribution in [2.45, 2.75) is 62.9 Å². The first kappa shape index (κ1) is 36.5. The maximum Gasteiger partial charge on any atom is 0.508 e. The van der Waals surface area contributed by atoms with Crippen molar-refractivity contribution in [2.24, 2.45) is 0 Å². The number of anilines is 2. The Balaban J connectivity index is 1.37. The molecule has 3 aromatic heterocycles. The molecule has 2 aliphatic heterocycles. The largest absolute Gasteiger partial charge is 0.508 e. The lowest BCUT2D eigenvalue weighted by Gasteiger charge is -2.26. The van der Waals surface area contributed by atoms with Crippen molar-refractivity contribution < 1.29 is 66.7 Å². The van der Waals surface area contributed by atoms with Crippen LogP contribution < -0.4 is 22.7 Å². The van der Waals surface area contributed by atoms with Crippen LogP contribution in [0.4, 0.5) is 21.5 Å². The molecule has 5 rings (SSSR count). The van der Waals surface area contributed by atoms with Crippen LogP contribution in [0.3, 0.4) is 0 Å². The van der Waals surface area contributed by atoms with Crippen LogP contribution in [0.1, 0.15) is 26.3 Å². The summed E-state index contributed by atoms with van der Waals surface area (Å²) in [6.07, 6.45) is -13.5. The lowest BCUT2D eigenvalue weighted by Crippen LogP contribution is -2.41. The number of imidazole rings is 1. The van der Waals surface area contributed by atoms with Gasteiger partial charge in [0.1, 0.15) is 30.7 Å². The van der Waals surface area contributed by atoms with Crippen LogP contribution in [0, 0.1) is 0 Å². The summed E-state index contributed by atoms with van der Waals surface area (Å²) in [5, 5.41) is 21.1. The van der Waals surface area contributed by atoms with Crippen LogP contribution >= 0.6 is 7.82 Å². The number of nitrogens with zero attached hydrogens (tertiary/aromatic N) is 6. The van der Waals surface area contributed by atoms with Gasteiger partial charge in [0.25, 0.3) is 5.56 Å². The van der Waals surface area contributed by atoms with Crippen molar-refractivity contribution in [1.29, 1.82) is 0 Å². The maximum absolute atomic E-state index is 13.3. The number of phosphoric acid groups is 1. The third kappa shape index (κ3) is 7.68. The number of nitrogen functional groups attached to an aromatic ring is 2. The van der Waals surface area contributed by atoms with Crippen molar-refractivity contribution in [1.82, 2.24) is 34.1 Å². The summed E-state index contributed by atoms with van der Waals surface area (Å²) in [5.41, 5.74) is 9.08. The quantitative estimate of drug-likeness (QED) is 0.0839. The summed E-state index contributed by atoms with van der Waals surface area (Å²) in [6, 6.07) is 0. The molecule has 0 saturated carbocycles. The summed E-state index contributed by atoms with van der Waals surface area (Å²) in [5.74, 6) is -0.683. The van der Waals surface area contributed by atoms with Gasteiger partial charge in [0, 0.05) is 0 Å². The summed E-state index contributed by atoms with van der Waals surface area (Å²) < 4.78 is 57.1. The zero-order valence-corrected chi connectivity index (χ0v) is 26.9. The molecule has 0 radical (unpaired) electrons. The first-order valence-corrected chi connectivity index (χ1v) is 16.1. The minimum absolute atomic E-state index is 0.0896. The number of nitrogens with two attached hydrogens (primary N) is 2. The van der Waals surface area contributed by atoms with Gasteiger partial charge in [0.2, 0.25) is 11.9 Å². The van der Waals surface area contributed by atoms with E-state index in [1.165, 1.54) is 13.8 Å². The fourth-order valence-electron chi connectivity index (χ4n) is 5.08. The summed E-state index contributed by atoms with van der Waals surface area (Å²) >= 11 is 0. The predicted octanol–water partition coefficient (Wildman–Crippen LogP) is -2.33. The molecule has 26 heteroatoms. The molecule has 3 aromatic rings. The van der Waals surface area contributed by atoms with Crippen molar-refractivity contribution >= 4 is 43.2 Å². The lowest BCUT2D eigenvalue weighted by atomic mass is 10.1. The molecule has 0 aliphatic carbocycles.